The summed E-state index contributed by atoms with van der Waals surface area (Å²) in [6.07, 6.45) is 0.844. The molecule has 0 radical (unpaired) electrons. The molecule has 0 bridgehead atoms. The molecule has 3 N–H and O–H groups in total. The minimum absolute atomic E-state index is 0.0434. The molecule has 2 heteroatoms. The van der Waals surface area contributed by atoms with Crippen molar-refractivity contribution < 1.29 is 5.11 Å². The first-order chi connectivity index (χ1) is 4.27. The molecule has 0 saturated carbocycles. The van der Waals surface area contributed by atoms with Crippen LogP contribution in [0, 0.1) is 5.41 Å². The zero-order valence-corrected chi connectivity index (χ0v) is 7.44. The van der Waals surface area contributed by atoms with E-state index in [1.54, 1.807) is 0 Å². The van der Waals surface area contributed by atoms with Crippen LogP contribution in [0.15, 0.2) is 0 Å². The molecule has 62 valence electrons. The van der Waals surface area contributed by atoms with E-state index in [1.807, 2.05) is 27.7 Å². The van der Waals surface area contributed by atoms with Crippen molar-refractivity contribution in [2.24, 2.45) is 11.1 Å². The van der Waals surface area contributed by atoms with Gasteiger partial charge in [0.05, 0.1) is 0 Å². The van der Waals surface area contributed by atoms with Gasteiger partial charge in [0.1, 0.15) is 0 Å². The van der Waals surface area contributed by atoms with Crippen LogP contribution < -0.4 is 5.73 Å². The van der Waals surface area contributed by atoms with E-state index in [0.717, 1.165) is 6.42 Å². The quantitative estimate of drug-likeness (QED) is 0.625. The van der Waals surface area contributed by atoms with Gasteiger partial charge in [-0.15, -0.1) is 0 Å². The summed E-state index contributed by atoms with van der Waals surface area (Å²) in [7, 11) is 0. The van der Waals surface area contributed by atoms with E-state index in [2.05, 4.69) is 0 Å². The molecule has 10 heavy (non-hydrogen) atoms. The smallest absolute Gasteiger partial charge is 0.0482 e. The molecule has 0 aromatic rings. The van der Waals surface area contributed by atoms with Gasteiger partial charge < -0.3 is 10.8 Å². The van der Waals surface area contributed by atoms with Crippen molar-refractivity contribution in [1.82, 2.24) is 0 Å². The molecule has 0 heterocycles. The topological polar surface area (TPSA) is 46.2 Å². The third-order valence-electron chi connectivity index (χ3n) is 1.36. The van der Waals surface area contributed by atoms with Crippen LogP contribution in [0.3, 0.4) is 0 Å². The lowest BCUT2D eigenvalue weighted by molar-refractivity contribution is 0.128. The molecular formula is C8H19NO. The van der Waals surface area contributed by atoms with E-state index < -0.39 is 0 Å². The maximum absolute atomic E-state index is 8.90. The lowest BCUT2D eigenvalue weighted by Gasteiger charge is -2.30. The summed E-state index contributed by atoms with van der Waals surface area (Å²) in [5.41, 5.74) is 5.57. The van der Waals surface area contributed by atoms with E-state index in [-0.39, 0.29) is 17.6 Å². The summed E-state index contributed by atoms with van der Waals surface area (Å²) in [6, 6.07) is 0. The molecule has 0 rings (SSSR count). The van der Waals surface area contributed by atoms with Crippen LogP contribution in [-0.2, 0) is 0 Å². The molecule has 2 nitrogen and oxygen atoms in total. The highest BCUT2D eigenvalue weighted by atomic mass is 16.3. The maximum atomic E-state index is 8.90. The van der Waals surface area contributed by atoms with Crippen molar-refractivity contribution in [2.45, 2.75) is 39.7 Å². The minimum Gasteiger partial charge on any atom is -0.396 e. The van der Waals surface area contributed by atoms with E-state index in [0.29, 0.717) is 0 Å². The third kappa shape index (κ3) is 4.77. The number of aliphatic hydroxyl groups excluding tert-OH is 1. The first kappa shape index (κ1) is 9.92. The monoisotopic (exact) mass is 145 g/mol. The number of aliphatic hydroxyl groups is 1. The van der Waals surface area contributed by atoms with Gasteiger partial charge in [-0.3, -0.25) is 0 Å². The molecule has 0 spiro atoms. The molecule has 0 saturated heterocycles. The highest BCUT2D eigenvalue weighted by Gasteiger charge is 2.24. The molecule has 0 aromatic heterocycles. The van der Waals surface area contributed by atoms with E-state index in [1.165, 1.54) is 0 Å². The Morgan fingerprint density at radius 1 is 1.20 bits per heavy atom. The van der Waals surface area contributed by atoms with Gasteiger partial charge in [0, 0.05) is 12.1 Å². The SMILES string of the molecule is CC(C)(N)CC(C)(C)CO. The van der Waals surface area contributed by atoms with Gasteiger partial charge in [0.15, 0.2) is 0 Å². The average molecular weight is 145 g/mol. The van der Waals surface area contributed by atoms with Gasteiger partial charge >= 0.3 is 0 Å². The summed E-state index contributed by atoms with van der Waals surface area (Å²) in [5.74, 6) is 0. The lowest BCUT2D eigenvalue weighted by Crippen LogP contribution is -2.38. The summed E-state index contributed by atoms with van der Waals surface area (Å²) >= 11 is 0. The molecule has 0 aliphatic rings. The van der Waals surface area contributed by atoms with Crippen LogP contribution >= 0.6 is 0 Å². The molecule has 0 atom stereocenters. The van der Waals surface area contributed by atoms with Gasteiger partial charge in [-0.25, -0.2) is 0 Å². The summed E-state index contributed by atoms with van der Waals surface area (Å²) in [4.78, 5) is 0. The molecule has 0 fully saturated rings. The number of rotatable bonds is 3. The molecular weight excluding hydrogens is 126 g/mol. The molecule has 0 amide bonds. The highest BCUT2D eigenvalue weighted by Crippen LogP contribution is 2.25. The number of nitrogens with two attached hydrogens (primary N) is 1. The fourth-order valence-corrected chi connectivity index (χ4v) is 1.29. The van der Waals surface area contributed by atoms with Gasteiger partial charge in [-0.1, -0.05) is 13.8 Å². The second kappa shape index (κ2) is 2.89. The molecule has 0 aliphatic heterocycles. The summed E-state index contributed by atoms with van der Waals surface area (Å²) < 4.78 is 0. The predicted molar refractivity (Wildman–Crippen MR) is 43.8 cm³/mol. The van der Waals surface area contributed by atoms with E-state index in [9.17, 15) is 0 Å². The number of hydrogen-bond acceptors (Lipinski definition) is 2. The van der Waals surface area contributed by atoms with Gasteiger partial charge in [0.25, 0.3) is 0 Å². The zero-order chi connectivity index (χ0) is 8.41. The van der Waals surface area contributed by atoms with Crippen LogP contribution in [0.4, 0.5) is 0 Å². The first-order valence-electron chi connectivity index (χ1n) is 3.67. The summed E-state index contributed by atoms with van der Waals surface area (Å²) in [5, 5.41) is 8.90. The van der Waals surface area contributed by atoms with Gasteiger partial charge in [0.2, 0.25) is 0 Å². The average Bonchev–Trinajstić information content (AvgIpc) is 1.60. The molecule has 0 unspecified atom stereocenters. The second-order valence-electron chi connectivity index (χ2n) is 4.49. The summed E-state index contributed by atoms with van der Waals surface area (Å²) in [6.45, 7) is 8.19. The van der Waals surface area contributed by atoms with Crippen LogP contribution in [0.25, 0.3) is 0 Å². The first-order valence-corrected chi connectivity index (χ1v) is 3.67. The zero-order valence-electron chi connectivity index (χ0n) is 7.44. The van der Waals surface area contributed by atoms with Crippen LogP contribution in [0.1, 0.15) is 34.1 Å². The Kier molecular flexibility index (Phi) is 2.86. The second-order valence-corrected chi connectivity index (χ2v) is 4.49. The Hall–Kier alpha value is -0.0800. The Balaban J connectivity index is 3.89. The lowest BCUT2D eigenvalue weighted by atomic mass is 9.81. The van der Waals surface area contributed by atoms with Gasteiger partial charge in [-0.2, -0.15) is 0 Å². The Morgan fingerprint density at radius 3 is 1.70 bits per heavy atom. The Labute approximate surface area is 63.4 Å². The highest BCUT2D eigenvalue weighted by molar-refractivity contribution is 4.81. The minimum atomic E-state index is -0.174. The predicted octanol–water partition coefficient (Wildman–Crippen LogP) is 1.13. The van der Waals surface area contributed by atoms with Crippen molar-refractivity contribution in [3.05, 3.63) is 0 Å². The van der Waals surface area contributed by atoms with Crippen molar-refractivity contribution in [2.75, 3.05) is 6.61 Å². The van der Waals surface area contributed by atoms with Crippen LogP contribution in [0.2, 0.25) is 0 Å². The van der Waals surface area contributed by atoms with Crippen molar-refractivity contribution in [1.29, 1.82) is 0 Å². The molecule has 0 aliphatic carbocycles. The van der Waals surface area contributed by atoms with Crippen LogP contribution in [-0.4, -0.2) is 17.3 Å². The molecule has 0 aromatic carbocycles. The Morgan fingerprint density at radius 2 is 1.60 bits per heavy atom. The largest absolute Gasteiger partial charge is 0.396 e. The van der Waals surface area contributed by atoms with Crippen molar-refractivity contribution in [3.63, 3.8) is 0 Å². The standard InChI is InChI=1S/C8H19NO/c1-7(2,6-10)5-8(3,4)9/h10H,5-6,9H2,1-4H3. The maximum Gasteiger partial charge on any atom is 0.0482 e. The Bertz CT molecular complexity index is 102. The fourth-order valence-electron chi connectivity index (χ4n) is 1.29. The van der Waals surface area contributed by atoms with Crippen LogP contribution in [0.5, 0.6) is 0 Å². The van der Waals surface area contributed by atoms with Crippen molar-refractivity contribution >= 4 is 0 Å². The van der Waals surface area contributed by atoms with Gasteiger partial charge in [-0.05, 0) is 25.7 Å². The van der Waals surface area contributed by atoms with Crippen molar-refractivity contribution in [3.8, 4) is 0 Å². The normalized spacial score (nSPS) is 13.8. The third-order valence-corrected chi connectivity index (χ3v) is 1.36. The fraction of sp³-hybridized carbons (Fsp3) is 1.00. The van der Waals surface area contributed by atoms with E-state index in [4.69, 9.17) is 10.8 Å². The number of hydrogen-bond donors (Lipinski definition) is 2. The van der Waals surface area contributed by atoms with E-state index >= 15 is 0 Å².